The first-order valence-corrected chi connectivity index (χ1v) is 7.21. The van der Waals surface area contributed by atoms with E-state index in [1.165, 1.54) is 0 Å². The summed E-state index contributed by atoms with van der Waals surface area (Å²) in [4.78, 5) is 14.2. The van der Waals surface area contributed by atoms with E-state index in [2.05, 4.69) is 36.4 Å². The number of hydrogen-bond acceptors (Lipinski definition) is 1. The molecular weight excluding hydrogens is 325 g/mol. The Kier molecular flexibility index (Phi) is 5.95. The van der Waals surface area contributed by atoms with Crippen LogP contribution in [0, 0.1) is 9.49 Å². The Labute approximate surface area is 118 Å². The number of halogens is 1. The largest absolute Gasteiger partial charge is 0.339 e. The van der Waals surface area contributed by atoms with Crippen LogP contribution in [0.15, 0.2) is 24.3 Å². The molecule has 0 spiro atoms. The Balaban J connectivity index is 2.75. The van der Waals surface area contributed by atoms with Gasteiger partial charge in [-0.05, 0) is 59.7 Å². The third-order valence-corrected chi connectivity index (χ3v) is 3.71. The lowest BCUT2D eigenvalue weighted by Crippen LogP contribution is -2.34. The molecule has 1 unspecified atom stereocenters. The lowest BCUT2D eigenvalue weighted by atomic mass is 10.1. The van der Waals surface area contributed by atoms with Crippen molar-refractivity contribution >= 4 is 28.5 Å². The topological polar surface area (TPSA) is 20.3 Å². The second-order valence-electron chi connectivity index (χ2n) is 4.36. The van der Waals surface area contributed by atoms with E-state index >= 15 is 0 Å². The number of carbonyl (C=O) groups excluding carboxylic acids is 1. The van der Waals surface area contributed by atoms with Crippen molar-refractivity contribution in [3.63, 3.8) is 0 Å². The van der Waals surface area contributed by atoms with Gasteiger partial charge in [0.2, 0.25) is 0 Å². The average Bonchev–Trinajstić information content (AvgIpc) is 2.35. The van der Waals surface area contributed by atoms with Crippen LogP contribution in [0.5, 0.6) is 0 Å². The van der Waals surface area contributed by atoms with Crippen molar-refractivity contribution in [2.45, 2.75) is 27.2 Å². The van der Waals surface area contributed by atoms with Crippen molar-refractivity contribution in [2.24, 2.45) is 5.92 Å². The van der Waals surface area contributed by atoms with Gasteiger partial charge in [0, 0.05) is 22.2 Å². The highest BCUT2D eigenvalue weighted by atomic mass is 127. The van der Waals surface area contributed by atoms with Crippen molar-refractivity contribution < 1.29 is 4.79 Å². The minimum absolute atomic E-state index is 0.143. The maximum Gasteiger partial charge on any atom is 0.253 e. The van der Waals surface area contributed by atoms with E-state index in [0.717, 1.165) is 28.6 Å². The van der Waals surface area contributed by atoms with Crippen LogP contribution in [-0.4, -0.2) is 23.9 Å². The molecule has 1 aromatic carbocycles. The zero-order chi connectivity index (χ0) is 12.8. The third kappa shape index (κ3) is 4.30. The molecule has 0 bridgehead atoms. The first kappa shape index (κ1) is 14.5. The molecule has 0 aliphatic heterocycles. The zero-order valence-electron chi connectivity index (χ0n) is 10.7. The van der Waals surface area contributed by atoms with Crippen LogP contribution >= 0.6 is 22.6 Å². The molecule has 2 nitrogen and oxygen atoms in total. The first-order chi connectivity index (χ1) is 8.08. The molecule has 0 aliphatic rings. The second kappa shape index (κ2) is 6.99. The van der Waals surface area contributed by atoms with Gasteiger partial charge in [-0.3, -0.25) is 4.79 Å². The monoisotopic (exact) mass is 345 g/mol. The summed E-state index contributed by atoms with van der Waals surface area (Å²) in [5, 5.41) is 0. The highest BCUT2D eigenvalue weighted by Gasteiger charge is 2.15. The van der Waals surface area contributed by atoms with Crippen LogP contribution in [0.2, 0.25) is 0 Å². The SMILES string of the molecule is CCC(C)CN(CC)C(=O)c1ccc(I)cc1. The van der Waals surface area contributed by atoms with Crippen LogP contribution in [0.3, 0.4) is 0 Å². The first-order valence-electron chi connectivity index (χ1n) is 6.13. The molecule has 94 valence electrons. The van der Waals surface area contributed by atoms with Gasteiger partial charge in [-0.25, -0.2) is 0 Å². The van der Waals surface area contributed by atoms with E-state index in [4.69, 9.17) is 0 Å². The lowest BCUT2D eigenvalue weighted by Gasteiger charge is -2.24. The fourth-order valence-corrected chi connectivity index (χ4v) is 2.00. The molecular formula is C14H20INO. The van der Waals surface area contributed by atoms with Gasteiger partial charge >= 0.3 is 0 Å². The summed E-state index contributed by atoms with van der Waals surface area (Å²) in [5.74, 6) is 0.701. The van der Waals surface area contributed by atoms with Gasteiger partial charge in [-0.15, -0.1) is 0 Å². The van der Waals surface area contributed by atoms with Gasteiger partial charge < -0.3 is 4.90 Å². The van der Waals surface area contributed by atoms with E-state index in [1.807, 2.05) is 36.1 Å². The van der Waals surface area contributed by atoms with E-state index in [-0.39, 0.29) is 5.91 Å². The molecule has 0 heterocycles. The van der Waals surface area contributed by atoms with Crippen molar-refractivity contribution in [1.82, 2.24) is 4.90 Å². The molecule has 1 rings (SSSR count). The second-order valence-corrected chi connectivity index (χ2v) is 5.61. The molecule has 0 aromatic heterocycles. The van der Waals surface area contributed by atoms with Crippen molar-refractivity contribution in [3.05, 3.63) is 33.4 Å². The van der Waals surface area contributed by atoms with Crippen molar-refractivity contribution in [2.75, 3.05) is 13.1 Å². The van der Waals surface area contributed by atoms with Gasteiger partial charge in [0.15, 0.2) is 0 Å². The summed E-state index contributed by atoms with van der Waals surface area (Å²) < 4.78 is 1.16. The Morgan fingerprint density at radius 3 is 2.35 bits per heavy atom. The highest BCUT2D eigenvalue weighted by molar-refractivity contribution is 14.1. The lowest BCUT2D eigenvalue weighted by molar-refractivity contribution is 0.0741. The fourth-order valence-electron chi connectivity index (χ4n) is 1.64. The Morgan fingerprint density at radius 2 is 1.88 bits per heavy atom. The molecule has 0 aliphatic carbocycles. The maximum atomic E-state index is 12.3. The van der Waals surface area contributed by atoms with Gasteiger partial charge in [0.25, 0.3) is 5.91 Å². The van der Waals surface area contributed by atoms with Crippen LogP contribution in [0.25, 0.3) is 0 Å². The number of carbonyl (C=O) groups is 1. The minimum Gasteiger partial charge on any atom is -0.339 e. The molecule has 0 N–H and O–H groups in total. The standard InChI is InChI=1S/C14H20INO/c1-4-11(3)10-16(5-2)14(17)12-6-8-13(15)9-7-12/h6-9,11H,4-5,10H2,1-3H3. The van der Waals surface area contributed by atoms with Crippen LogP contribution in [0.4, 0.5) is 0 Å². The van der Waals surface area contributed by atoms with E-state index in [0.29, 0.717) is 5.92 Å². The summed E-state index contributed by atoms with van der Waals surface area (Å²) >= 11 is 2.25. The summed E-state index contributed by atoms with van der Waals surface area (Å²) in [6, 6.07) is 7.77. The average molecular weight is 345 g/mol. The molecule has 1 amide bonds. The smallest absolute Gasteiger partial charge is 0.253 e. The summed E-state index contributed by atoms with van der Waals surface area (Å²) in [6.45, 7) is 8.00. The van der Waals surface area contributed by atoms with Gasteiger partial charge in [-0.1, -0.05) is 20.3 Å². The summed E-state index contributed by atoms with van der Waals surface area (Å²) in [6.07, 6.45) is 1.11. The predicted molar refractivity (Wildman–Crippen MR) is 80.2 cm³/mol. The van der Waals surface area contributed by atoms with Crippen LogP contribution in [-0.2, 0) is 0 Å². The van der Waals surface area contributed by atoms with Gasteiger partial charge in [0.1, 0.15) is 0 Å². The quantitative estimate of drug-likeness (QED) is 0.744. The molecule has 17 heavy (non-hydrogen) atoms. The number of rotatable bonds is 5. The molecule has 0 radical (unpaired) electrons. The third-order valence-electron chi connectivity index (χ3n) is 2.99. The fraction of sp³-hybridized carbons (Fsp3) is 0.500. The van der Waals surface area contributed by atoms with Gasteiger partial charge in [-0.2, -0.15) is 0 Å². The molecule has 3 heteroatoms. The number of nitrogens with zero attached hydrogens (tertiary/aromatic N) is 1. The zero-order valence-corrected chi connectivity index (χ0v) is 12.9. The molecule has 0 saturated carbocycles. The van der Waals surface area contributed by atoms with E-state index < -0.39 is 0 Å². The minimum atomic E-state index is 0.143. The normalized spacial score (nSPS) is 12.2. The molecule has 1 atom stereocenters. The molecule has 0 fully saturated rings. The van der Waals surface area contributed by atoms with Crippen LogP contribution in [0.1, 0.15) is 37.6 Å². The Morgan fingerprint density at radius 1 is 1.29 bits per heavy atom. The van der Waals surface area contributed by atoms with Gasteiger partial charge in [0.05, 0.1) is 0 Å². The Bertz CT molecular complexity index is 361. The van der Waals surface area contributed by atoms with E-state index in [9.17, 15) is 4.79 Å². The number of benzene rings is 1. The highest BCUT2D eigenvalue weighted by Crippen LogP contribution is 2.11. The summed E-state index contributed by atoms with van der Waals surface area (Å²) in [7, 11) is 0. The van der Waals surface area contributed by atoms with Crippen molar-refractivity contribution in [1.29, 1.82) is 0 Å². The van der Waals surface area contributed by atoms with Crippen molar-refractivity contribution in [3.8, 4) is 0 Å². The maximum absolute atomic E-state index is 12.3. The number of amides is 1. The van der Waals surface area contributed by atoms with E-state index in [1.54, 1.807) is 0 Å². The molecule has 0 saturated heterocycles. The van der Waals surface area contributed by atoms with Crippen LogP contribution < -0.4 is 0 Å². The molecule has 1 aromatic rings. The number of hydrogen-bond donors (Lipinski definition) is 0. The Hall–Kier alpha value is -0.580. The summed E-state index contributed by atoms with van der Waals surface area (Å²) in [5.41, 5.74) is 0.788. The predicted octanol–water partition coefficient (Wildman–Crippen LogP) is 3.80.